The molecule has 0 nitrogen and oxygen atoms in total. The van der Waals surface area contributed by atoms with Gasteiger partial charge >= 0.3 is 0 Å². The van der Waals surface area contributed by atoms with Gasteiger partial charge in [-0.05, 0) is 24.1 Å². The maximum absolute atomic E-state index is 4.18. The molecular formula is C8H9BrS. The van der Waals surface area contributed by atoms with E-state index in [1.54, 1.807) is 0 Å². The van der Waals surface area contributed by atoms with Gasteiger partial charge in [0.1, 0.15) is 0 Å². The van der Waals surface area contributed by atoms with Gasteiger partial charge in [-0.1, -0.05) is 28.1 Å². The van der Waals surface area contributed by atoms with Gasteiger partial charge in [0.25, 0.3) is 0 Å². The van der Waals surface area contributed by atoms with Crippen LogP contribution in [0.2, 0.25) is 0 Å². The Balaban J connectivity index is 3.04. The average molecular weight is 217 g/mol. The van der Waals surface area contributed by atoms with Crippen LogP contribution in [-0.4, -0.2) is 0 Å². The van der Waals surface area contributed by atoms with Gasteiger partial charge in [0.05, 0.1) is 0 Å². The molecule has 0 heterocycles. The van der Waals surface area contributed by atoms with Crippen LogP contribution in [0, 0.1) is 6.92 Å². The third-order valence-electron chi connectivity index (χ3n) is 1.40. The van der Waals surface area contributed by atoms with E-state index in [1.165, 1.54) is 11.1 Å². The van der Waals surface area contributed by atoms with Crippen molar-refractivity contribution in [2.24, 2.45) is 0 Å². The summed E-state index contributed by atoms with van der Waals surface area (Å²) in [6, 6.07) is 6.27. The number of hydrogen-bond donors (Lipinski definition) is 1. The van der Waals surface area contributed by atoms with Crippen molar-refractivity contribution in [2.75, 3.05) is 0 Å². The van der Waals surface area contributed by atoms with Crippen molar-refractivity contribution >= 4 is 28.6 Å². The lowest BCUT2D eigenvalue weighted by Gasteiger charge is -1.99. The van der Waals surface area contributed by atoms with Crippen molar-refractivity contribution in [3.63, 3.8) is 0 Å². The number of aryl methyl sites for hydroxylation is 1. The fourth-order valence-corrected chi connectivity index (χ4v) is 1.25. The van der Waals surface area contributed by atoms with E-state index in [0.717, 1.165) is 10.2 Å². The molecule has 0 aromatic heterocycles. The van der Waals surface area contributed by atoms with Gasteiger partial charge in [-0.25, -0.2) is 0 Å². The Kier molecular flexibility index (Phi) is 2.81. The van der Waals surface area contributed by atoms with Crippen LogP contribution in [0.25, 0.3) is 0 Å². The summed E-state index contributed by atoms with van der Waals surface area (Å²) >= 11 is 7.61. The predicted octanol–water partition coefficient (Wildman–Crippen LogP) is 3.19. The number of benzene rings is 1. The van der Waals surface area contributed by atoms with Crippen LogP contribution in [0.15, 0.2) is 22.7 Å². The van der Waals surface area contributed by atoms with Gasteiger partial charge in [0.15, 0.2) is 0 Å². The zero-order chi connectivity index (χ0) is 7.56. The minimum absolute atomic E-state index is 0.814. The Labute approximate surface area is 75.2 Å². The Hall–Kier alpha value is 0.0500. The van der Waals surface area contributed by atoms with Gasteiger partial charge in [-0.2, -0.15) is 12.6 Å². The van der Waals surface area contributed by atoms with Crippen LogP contribution in [0.5, 0.6) is 0 Å². The molecule has 54 valence electrons. The molecule has 1 aromatic carbocycles. The zero-order valence-corrected chi connectivity index (χ0v) is 8.24. The second kappa shape index (κ2) is 3.44. The first-order valence-electron chi connectivity index (χ1n) is 3.10. The van der Waals surface area contributed by atoms with Crippen LogP contribution in [0.3, 0.4) is 0 Å². The second-order valence-electron chi connectivity index (χ2n) is 2.24. The molecule has 1 rings (SSSR count). The Bertz CT molecular complexity index is 233. The van der Waals surface area contributed by atoms with E-state index in [2.05, 4.69) is 53.7 Å². The average Bonchev–Trinajstić information content (AvgIpc) is 1.95. The summed E-state index contributed by atoms with van der Waals surface area (Å²) in [6.45, 7) is 2.08. The smallest absolute Gasteiger partial charge is 0.0204 e. The molecule has 0 aliphatic carbocycles. The summed E-state index contributed by atoms with van der Waals surface area (Å²) in [5, 5.41) is 0. The summed E-state index contributed by atoms with van der Waals surface area (Å²) < 4.78 is 1.16. The maximum atomic E-state index is 4.18. The maximum Gasteiger partial charge on any atom is 0.0204 e. The first-order valence-corrected chi connectivity index (χ1v) is 4.52. The molecule has 0 fully saturated rings. The quantitative estimate of drug-likeness (QED) is 0.686. The SMILES string of the molecule is Cc1cc(CS)ccc1Br. The van der Waals surface area contributed by atoms with Crippen molar-refractivity contribution < 1.29 is 0 Å². The predicted molar refractivity (Wildman–Crippen MR) is 51.6 cm³/mol. The van der Waals surface area contributed by atoms with Crippen molar-refractivity contribution in [1.82, 2.24) is 0 Å². The summed E-state index contributed by atoms with van der Waals surface area (Å²) in [7, 11) is 0. The molecule has 0 unspecified atom stereocenters. The van der Waals surface area contributed by atoms with Gasteiger partial charge < -0.3 is 0 Å². The molecule has 0 N–H and O–H groups in total. The molecule has 0 atom stereocenters. The van der Waals surface area contributed by atoms with E-state index in [0.29, 0.717) is 0 Å². The molecular weight excluding hydrogens is 208 g/mol. The van der Waals surface area contributed by atoms with Crippen LogP contribution >= 0.6 is 28.6 Å². The fourth-order valence-electron chi connectivity index (χ4n) is 0.805. The lowest BCUT2D eigenvalue weighted by Crippen LogP contribution is -1.80. The van der Waals surface area contributed by atoms with Crippen molar-refractivity contribution in [3.8, 4) is 0 Å². The molecule has 10 heavy (non-hydrogen) atoms. The highest BCUT2D eigenvalue weighted by Gasteiger charge is 1.93. The van der Waals surface area contributed by atoms with Gasteiger partial charge in [-0.15, -0.1) is 0 Å². The van der Waals surface area contributed by atoms with E-state index in [-0.39, 0.29) is 0 Å². The molecule has 2 heteroatoms. The molecule has 0 aliphatic heterocycles. The standard InChI is InChI=1S/C8H9BrS/c1-6-4-7(5-10)2-3-8(6)9/h2-4,10H,5H2,1H3. The van der Waals surface area contributed by atoms with Crippen LogP contribution in [0.4, 0.5) is 0 Å². The molecule has 0 saturated heterocycles. The highest BCUT2D eigenvalue weighted by Crippen LogP contribution is 2.17. The molecule has 1 aromatic rings. The van der Waals surface area contributed by atoms with Crippen LogP contribution in [0.1, 0.15) is 11.1 Å². The Morgan fingerprint density at radius 1 is 1.50 bits per heavy atom. The topological polar surface area (TPSA) is 0 Å². The van der Waals surface area contributed by atoms with Gasteiger partial charge in [0.2, 0.25) is 0 Å². The second-order valence-corrected chi connectivity index (χ2v) is 3.41. The molecule has 0 bridgehead atoms. The molecule has 0 saturated carbocycles. The van der Waals surface area contributed by atoms with E-state index < -0.39 is 0 Å². The zero-order valence-electron chi connectivity index (χ0n) is 5.76. The highest BCUT2D eigenvalue weighted by atomic mass is 79.9. The number of halogens is 1. The normalized spacial score (nSPS) is 9.90. The van der Waals surface area contributed by atoms with Crippen LogP contribution in [-0.2, 0) is 5.75 Å². The number of rotatable bonds is 1. The number of hydrogen-bond acceptors (Lipinski definition) is 1. The lowest BCUT2D eigenvalue weighted by molar-refractivity contribution is 1.34. The van der Waals surface area contributed by atoms with E-state index in [9.17, 15) is 0 Å². The van der Waals surface area contributed by atoms with E-state index >= 15 is 0 Å². The molecule has 0 radical (unpaired) electrons. The van der Waals surface area contributed by atoms with Crippen molar-refractivity contribution in [1.29, 1.82) is 0 Å². The van der Waals surface area contributed by atoms with E-state index in [1.807, 2.05) is 0 Å². The Morgan fingerprint density at radius 3 is 2.70 bits per heavy atom. The Morgan fingerprint density at radius 2 is 2.20 bits per heavy atom. The highest BCUT2D eigenvalue weighted by molar-refractivity contribution is 9.10. The summed E-state index contributed by atoms with van der Waals surface area (Å²) in [5.41, 5.74) is 2.54. The largest absolute Gasteiger partial charge is 0.175 e. The summed E-state index contributed by atoms with van der Waals surface area (Å²) in [5.74, 6) is 0.814. The third kappa shape index (κ3) is 1.77. The van der Waals surface area contributed by atoms with Gasteiger partial charge in [-0.3, -0.25) is 0 Å². The summed E-state index contributed by atoms with van der Waals surface area (Å²) in [4.78, 5) is 0. The molecule has 0 aliphatic rings. The van der Waals surface area contributed by atoms with Gasteiger partial charge in [0, 0.05) is 10.2 Å². The minimum Gasteiger partial charge on any atom is -0.175 e. The van der Waals surface area contributed by atoms with E-state index in [4.69, 9.17) is 0 Å². The molecule has 0 amide bonds. The monoisotopic (exact) mass is 216 g/mol. The van der Waals surface area contributed by atoms with Crippen molar-refractivity contribution in [2.45, 2.75) is 12.7 Å². The first kappa shape index (κ1) is 8.15. The fraction of sp³-hybridized carbons (Fsp3) is 0.250. The molecule has 0 spiro atoms. The van der Waals surface area contributed by atoms with Crippen molar-refractivity contribution in [3.05, 3.63) is 33.8 Å². The lowest BCUT2D eigenvalue weighted by atomic mass is 10.2. The first-order chi connectivity index (χ1) is 4.74. The summed E-state index contributed by atoms with van der Waals surface area (Å²) in [6.07, 6.45) is 0. The van der Waals surface area contributed by atoms with Crippen LogP contribution < -0.4 is 0 Å². The number of thiol groups is 1. The minimum atomic E-state index is 0.814. The third-order valence-corrected chi connectivity index (χ3v) is 2.66.